The molecule has 1 aromatic heterocycles. The van der Waals surface area contributed by atoms with E-state index in [1.54, 1.807) is 0 Å². The van der Waals surface area contributed by atoms with Gasteiger partial charge in [0.05, 0.1) is 18.0 Å². The fourth-order valence-corrected chi connectivity index (χ4v) is 3.87. The van der Waals surface area contributed by atoms with Crippen LogP contribution in [0.1, 0.15) is 32.1 Å². The predicted octanol–water partition coefficient (Wildman–Crippen LogP) is 6.62. The molecular weight excluding hydrogens is 412 g/mol. The van der Waals surface area contributed by atoms with Crippen molar-refractivity contribution < 1.29 is 14.6 Å². The van der Waals surface area contributed by atoms with Crippen molar-refractivity contribution >= 4 is 5.97 Å². The van der Waals surface area contributed by atoms with E-state index in [1.165, 1.54) is 0 Å². The van der Waals surface area contributed by atoms with Gasteiger partial charge in [-0.1, -0.05) is 91.7 Å². The summed E-state index contributed by atoms with van der Waals surface area (Å²) in [6, 6.07) is 31.1. The lowest BCUT2D eigenvalue weighted by molar-refractivity contribution is -0.137. The Morgan fingerprint density at radius 3 is 1.97 bits per heavy atom. The fraction of sp³-hybridized carbons (Fsp3) is 0.214. The summed E-state index contributed by atoms with van der Waals surface area (Å²) in [4.78, 5) is 15.6. The van der Waals surface area contributed by atoms with E-state index in [4.69, 9.17) is 14.8 Å². The molecule has 33 heavy (non-hydrogen) atoms. The highest BCUT2D eigenvalue weighted by Gasteiger charge is 2.22. The molecule has 0 aliphatic carbocycles. The van der Waals surface area contributed by atoms with Gasteiger partial charge >= 0.3 is 12.0 Å². The number of aliphatic carboxylic acids is 1. The van der Waals surface area contributed by atoms with E-state index < -0.39 is 5.97 Å². The number of unbranched alkanes of at least 4 members (excludes halogenated alkanes) is 3. The number of aromatic nitrogens is 2. The molecule has 0 radical (unpaired) electrons. The summed E-state index contributed by atoms with van der Waals surface area (Å²) < 4.78 is 8.30. The van der Waals surface area contributed by atoms with Gasteiger partial charge in [0, 0.05) is 17.5 Å². The number of hydrogen-bond donors (Lipinski definition) is 1. The average molecular weight is 441 g/mol. The molecule has 0 saturated heterocycles. The summed E-state index contributed by atoms with van der Waals surface area (Å²) in [6.07, 6.45) is 3.58. The molecule has 0 amide bonds. The molecule has 3 aromatic carbocycles. The first-order chi connectivity index (χ1) is 16.2. The molecule has 168 valence electrons. The van der Waals surface area contributed by atoms with Crippen LogP contribution >= 0.6 is 0 Å². The molecule has 5 nitrogen and oxygen atoms in total. The normalized spacial score (nSPS) is 10.8. The SMILES string of the molecule is O=C(O)CCCCCCOc1nc(-c2ccccc2)c(-c2ccccc2)n1-c1ccccc1. The van der Waals surface area contributed by atoms with E-state index >= 15 is 0 Å². The Hall–Kier alpha value is -3.86. The number of carboxylic acids is 1. The van der Waals surface area contributed by atoms with Gasteiger partial charge in [-0.25, -0.2) is 0 Å². The summed E-state index contributed by atoms with van der Waals surface area (Å²) in [5.74, 6) is -0.738. The standard InChI is InChI=1S/C28H28N2O3/c31-25(32)20-12-1-2-13-21-33-28-29-26(22-14-6-3-7-15-22)27(23-16-8-4-9-17-23)30(28)24-18-10-5-11-19-24/h3-11,14-19H,1-2,12-13,20-21H2,(H,31,32). The van der Waals surface area contributed by atoms with Gasteiger partial charge in [0.15, 0.2) is 0 Å². The van der Waals surface area contributed by atoms with Gasteiger partial charge in [0.2, 0.25) is 0 Å². The highest BCUT2D eigenvalue weighted by Crippen LogP contribution is 2.37. The largest absolute Gasteiger partial charge is 0.481 e. The number of rotatable bonds is 11. The smallest absolute Gasteiger partial charge is 0.303 e. The van der Waals surface area contributed by atoms with Gasteiger partial charge in [-0.05, 0) is 25.0 Å². The molecule has 0 unspecified atom stereocenters. The first-order valence-corrected chi connectivity index (χ1v) is 11.4. The predicted molar refractivity (Wildman–Crippen MR) is 131 cm³/mol. The molecule has 4 aromatic rings. The average Bonchev–Trinajstić information content (AvgIpc) is 3.24. The van der Waals surface area contributed by atoms with E-state index in [0.717, 1.165) is 47.5 Å². The lowest BCUT2D eigenvalue weighted by Crippen LogP contribution is -2.05. The molecule has 4 rings (SSSR count). The zero-order valence-electron chi connectivity index (χ0n) is 18.6. The Labute approximate surface area is 194 Å². The lowest BCUT2D eigenvalue weighted by atomic mass is 10.0. The maximum Gasteiger partial charge on any atom is 0.303 e. The molecule has 0 fully saturated rings. The molecule has 0 spiro atoms. The summed E-state index contributed by atoms with van der Waals surface area (Å²) >= 11 is 0. The van der Waals surface area contributed by atoms with Gasteiger partial charge in [-0.2, -0.15) is 4.98 Å². The molecule has 0 atom stereocenters. The maximum atomic E-state index is 10.7. The number of ether oxygens (including phenoxy) is 1. The van der Waals surface area contributed by atoms with Crippen molar-refractivity contribution in [2.24, 2.45) is 0 Å². The Balaban J connectivity index is 1.67. The summed E-state index contributed by atoms with van der Waals surface area (Å²) in [7, 11) is 0. The molecule has 1 N–H and O–H groups in total. The van der Waals surface area contributed by atoms with Crippen LogP contribution in [0.5, 0.6) is 6.01 Å². The Morgan fingerprint density at radius 1 is 0.758 bits per heavy atom. The van der Waals surface area contributed by atoms with Crippen LogP contribution in [0.25, 0.3) is 28.2 Å². The molecule has 5 heteroatoms. The van der Waals surface area contributed by atoms with E-state index in [1.807, 2.05) is 54.6 Å². The molecule has 1 heterocycles. The first-order valence-electron chi connectivity index (χ1n) is 11.4. The Kier molecular flexibility index (Phi) is 7.54. The van der Waals surface area contributed by atoms with Crippen molar-refractivity contribution in [3.05, 3.63) is 91.0 Å². The second-order valence-corrected chi connectivity index (χ2v) is 7.90. The van der Waals surface area contributed by atoms with E-state index in [0.29, 0.717) is 19.0 Å². The third kappa shape index (κ3) is 5.69. The van der Waals surface area contributed by atoms with Crippen molar-refractivity contribution in [2.45, 2.75) is 32.1 Å². The van der Waals surface area contributed by atoms with Gasteiger partial charge < -0.3 is 9.84 Å². The molecule has 0 aliphatic heterocycles. The summed E-state index contributed by atoms with van der Waals surface area (Å²) in [6.45, 7) is 0.527. The lowest BCUT2D eigenvalue weighted by Gasteiger charge is -2.13. The van der Waals surface area contributed by atoms with Crippen LogP contribution in [0, 0.1) is 0 Å². The van der Waals surface area contributed by atoms with Crippen LogP contribution in [0.4, 0.5) is 0 Å². The molecule has 0 aliphatic rings. The number of carboxylic acid groups (broad SMARTS) is 1. The highest BCUT2D eigenvalue weighted by molar-refractivity contribution is 5.81. The number of carbonyl (C=O) groups is 1. The maximum absolute atomic E-state index is 10.7. The minimum absolute atomic E-state index is 0.222. The second kappa shape index (κ2) is 11.1. The van der Waals surface area contributed by atoms with Crippen molar-refractivity contribution in [2.75, 3.05) is 6.61 Å². The monoisotopic (exact) mass is 440 g/mol. The van der Waals surface area contributed by atoms with Gasteiger partial charge in [0.1, 0.15) is 5.69 Å². The van der Waals surface area contributed by atoms with Gasteiger partial charge in [-0.3, -0.25) is 9.36 Å². The third-order valence-corrected chi connectivity index (χ3v) is 5.47. The topological polar surface area (TPSA) is 64.3 Å². The fourth-order valence-electron chi connectivity index (χ4n) is 3.87. The number of hydrogen-bond acceptors (Lipinski definition) is 3. The highest BCUT2D eigenvalue weighted by atomic mass is 16.5. The van der Waals surface area contributed by atoms with E-state index in [2.05, 4.69) is 41.0 Å². The van der Waals surface area contributed by atoms with Gasteiger partial charge in [0.25, 0.3) is 0 Å². The van der Waals surface area contributed by atoms with Crippen LogP contribution in [-0.4, -0.2) is 27.2 Å². The molecule has 0 bridgehead atoms. The second-order valence-electron chi connectivity index (χ2n) is 7.90. The quantitative estimate of drug-likeness (QED) is 0.266. The van der Waals surface area contributed by atoms with Crippen molar-refractivity contribution in [3.63, 3.8) is 0 Å². The number of para-hydroxylation sites is 1. The van der Waals surface area contributed by atoms with Gasteiger partial charge in [-0.15, -0.1) is 0 Å². The molecular formula is C28H28N2O3. The van der Waals surface area contributed by atoms with Crippen molar-refractivity contribution in [1.29, 1.82) is 0 Å². The third-order valence-electron chi connectivity index (χ3n) is 5.47. The van der Waals surface area contributed by atoms with Crippen LogP contribution in [0.2, 0.25) is 0 Å². The summed E-state index contributed by atoms with van der Waals surface area (Å²) in [5.41, 5.74) is 4.95. The van der Waals surface area contributed by atoms with E-state index in [-0.39, 0.29) is 6.42 Å². The van der Waals surface area contributed by atoms with E-state index in [9.17, 15) is 4.79 Å². The zero-order chi connectivity index (χ0) is 22.9. The van der Waals surface area contributed by atoms with Crippen LogP contribution < -0.4 is 4.74 Å². The van der Waals surface area contributed by atoms with Crippen LogP contribution in [0.15, 0.2) is 91.0 Å². The first kappa shape index (κ1) is 22.3. The zero-order valence-corrected chi connectivity index (χ0v) is 18.6. The van der Waals surface area contributed by atoms with Crippen LogP contribution in [-0.2, 0) is 4.79 Å². The minimum Gasteiger partial charge on any atom is -0.481 e. The number of imidazole rings is 1. The minimum atomic E-state index is -0.738. The number of nitrogens with zero attached hydrogens (tertiary/aromatic N) is 2. The molecule has 0 saturated carbocycles. The Morgan fingerprint density at radius 2 is 1.33 bits per heavy atom. The van der Waals surface area contributed by atoms with Crippen molar-refractivity contribution in [1.82, 2.24) is 9.55 Å². The van der Waals surface area contributed by atoms with Crippen LogP contribution in [0.3, 0.4) is 0 Å². The van der Waals surface area contributed by atoms with Crippen molar-refractivity contribution in [3.8, 4) is 34.2 Å². The summed E-state index contributed by atoms with van der Waals surface area (Å²) in [5, 5.41) is 8.78. The number of benzene rings is 3. The Bertz CT molecular complexity index is 1160.